The molecule has 1 aliphatic rings. The molecule has 0 fully saturated rings. The molecule has 0 bridgehead atoms. The average Bonchev–Trinajstić information content (AvgIpc) is 3.33. The van der Waals surface area contributed by atoms with E-state index in [0.29, 0.717) is 11.3 Å². The van der Waals surface area contributed by atoms with E-state index in [9.17, 15) is 9.90 Å². The van der Waals surface area contributed by atoms with Gasteiger partial charge >= 0.3 is 0 Å². The van der Waals surface area contributed by atoms with Gasteiger partial charge in [0.2, 0.25) is 0 Å². The van der Waals surface area contributed by atoms with Crippen LogP contribution in [0.15, 0.2) is 77.2 Å². The van der Waals surface area contributed by atoms with E-state index in [4.69, 9.17) is 0 Å². The summed E-state index contributed by atoms with van der Waals surface area (Å²) < 4.78 is 0. The molecule has 0 aliphatic carbocycles. The van der Waals surface area contributed by atoms with Crippen LogP contribution in [0.3, 0.4) is 0 Å². The van der Waals surface area contributed by atoms with Gasteiger partial charge in [-0.1, -0.05) is 48.5 Å². The first-order valence-electron chi connectivity index (χ1n) is 8.01. The summed E-state index contributed by atoms with van der Waals surface area (Å²) in [5, 5.41) is 17.6. The van der Waals surface area contributed by atoms with Gasteiger partial charge in [-0.2, -0.15) is 5.10 Å². The number of hydrogen-bond donors (Lipinski definition) is 1. The van der Waals surface area contributed by atoms with Crippen LogP contribution in [0.5, 0.6) is 5.75 Å². The Balaban J connectivity index is 1.72. The van der Waals surface area contributed by atoms with Gasteiger partial charge in [-0.15, -0.1) is 11.3 Å². The highest BCUT2D eigenvalue weighted by Crippen LogP contribution is 2.35. The summed E-state index contributed by atoms with van der Waals surface area (Å²) in [4.78, 5) is 13.6. The van der Waals surface area contributed by atoms with Crippen LogP contribution in [0.1, 0.15) is 33.3 Å². The van der Waals surface area contributed by atoms with Crippen molar-refractivity contribution >= 4 is 23.0 Å². The summed E-state index contributed by atoms with van der Waals surface area (Å²) in [5.41, 5.74) is 2.87. The van der Waals surface area contributed by atoms with Crippen LogP contribution in [0.2, 0.25) is 0 Å². The molecular formula is C20H16N2O2S. The third kappa shape index (κ3) is 3.06. The second-order valence-electron chi connectivity index (χ2n) is 5.85. The van der Waals surface area contributed by atoms with Crippen molar-refractivity contribution in [2.45, 2.75) is 12.5 Å². The predicted molar refractivity (Wildman–Crippen MR) is 98.9 cm³/mol. The van der Waals surface area contributed by atoms with Crippen molar-refractivity contribution in [3.05, 3.63) is 88.1 Å². The Kier molecular flexibility index (Phi) is 4.07. The second-order valence-corrected chi connectivity index (χ2v) is 6.80. The second kappa shape index (κ2) is 6.53. The van der Waals surface area contributed by atoms with E-state index in [1.807, 2.05) is 60.0 Å². The number of rotatable bonds is 3. The standard InChI is InChI=1S/C20H16N2O2S/c23-16-10-8-15(9-11-16)18-13-17(14-5-2-1-3-6-14)21-22(18)20(24)19-7-4-12-25-19/h1-12,18,23H,13H2/t18-/m1/s1. The first kappa shape index (κ1) is 15.6. The number of carbonyl (C=O) groups is 1. The Hall–Kier alpha value is -2.92. The van der Waals surface area contributed by atoms with Crippen LogP contribution in [0.4, 0.5) is 0 Å². The van der Waals surface area contributed by atoms with E-state index in [2.05, 4.69) is 5.10 Å². The molecule has 124 valence electrons. The van der Waals surface area contributed by atoms with Crippen LogP contribution >= 0.6 is 11.3 Å². The molecule has 5 heteroatoms. The van der Waals surface area contributed by atoms with Gasteiger partial charge in [0.25, 0.3) is 5.91 Å². The lowest BCUT2D eigenvalue weighted by Gasteiger charge is -2.21. The van der Waals surface area contributed by atoms with Crippen LogP contribution in [-0.4, -0.2) is 21.7 Å². The highest BCUT2D eigenvalue weighted by atomic mass is 32.1. The quantitative estimate of drug-likeness (QED) is 0.760. The summed E-state index contributed by atoms with van der Waals surface area (Å²) >= 11 is 1.41. The SMILES string of the molecule is O=C(c1cccs1)N1N=C(c2ccccc2)C[C@@H]1c1ccc(O)cc1. The Bertz CT molecular complexity index is 903. The van der Waals surface area contributed by atoms with Crippen molar-refractivity contribution in [1.29, 1.82) is 0 Å². The molecule has 1 aromatic heterocycles. The number of carbonyl (C=O) groups excluding carboxylic acids is 1. The molecule has 4 nitrogen and oxygen atoms in total. The number of hydrogen-bond acceptors (Lipinski definition) is 4. The summed E-state index contributed by atoms with van der Waals surface area (Å²) in [6.45, 7) is 0. The molecule has 25 heavy (non-hydrogen) atoms. The van der Waals surface area contributed by atoms with Gasteiger partial charge in [-0.05, 0) is 34.7 Å². The third-order valence-electron chi connectivity index (χ3n) is 4.24. The fourth-order valence-corrected chi connectivity index (χ4v) is 3.63. The minimum absolute atomic E-state index is 0.0981. The lowest BCUT2D eigenvalue weighted by atomic mass is 9.98. The van der Waals surface area contributed by atoms with Crippen molar-refractivity contribution < 1.29 is 9.90 Å². The number of phenols is 1. The lowest BCUT2D eigenvalue weighted by Crippen LogP contribution is -2.26. The molecule has 1 N–H and O–H groups in total. The lowest BCUT2D eigenvalue weighted by molar-refractivity contribution is 0.0716. The van der Waals surface area contributed by atoms with Crippen molar-refractivity contribution in [1.82, 2.24) is 5.01 Å². The maximum atomic E-state index is 12.9. The van der Waals surface area contributed by atoms with E-state index in [1.54, 1.807) is 17.1 Å². The van der Waals surface area contributed by atoms with Crippen molar-refractivity contribution in [2.24, 2.45) is 5.10 Å². The molecule has 2 heterocycles. The van der Waals surface area contributed by atoms with Crippen molar-refractivity contribution in [3.8, 4) is 5.75 Å². The summed E-state index contributed by atoms with van der Waals surface area (Å²) in [7, 11) is 0. The molecule has 0 saturated heterocycles. The highest BCUT2D eigenvalue weighted by molar-refractivity contribution is 7.12. The first-order chi connectivity index (χ1) is 12.2. The molecule has 0 unspecified atom stereocenters. The van der Waals surface area contributed by atoms with Crippen molar-refractivity contribution in [2.75, 3.05) is 0 Å². The Labute approximate surface area is 149 Å². The molecule has 1 atom stereocenters. The van der Waals surface area contributed by atoms with E-state index < -0.39 is 0 Å². The minimum Gasteiger partial charge on any atom is -0.508 e. The topological polar surface area (TPSA) is 52.9 Å². The van der Waals surface area contributed by atoms with E-state index in [-0.39, 0.29) is 17.7 Å². The van der Waals surface area contributed by atoms with E-state index >= 15 is 0 Å². The highest BCUT2D eigenvalue weighted by Gasteiger charge is 2.33. The number of thiophene rings is 1. The van der Waals surface area contributed by atoms with Crippen LogP contribution in [-0.2, 0) is 0 Å². The zero-order valence-electron chi connectivity index (χ0n) is 13.4. The molecule has 0 spiro atoms. The van der Waals surface area contributed by atoms with Gasteiger partial charge in [-0.3, -0.25) is 4.79 Å². The van der Waals surface area contributed by atoms with Crippen LogP contribution in [0, 0.1) is 0 Å². The van der Waals surface area contributed by atoms with Gasteiger partial charge in [0, 0.05) is 6.42 Å². The molecular weight excluding hydrogens is 332 g/mol. The predicted octanol–water partition coefficient (Wildman–Crippen LogP) is 4.45. The van der Waals surface area contributed by atoms with Gasteiger partial charge in [0.1, 0.15) is 5.75 Å². The third-order valence-corrected chi connectivity index (χ3v) is 5.09. The number of amides is 1. The van der Waals surface area contributed by atoms with E-state index in [0.717, 1.165) is 16.8 Å². The summed E-state index contributed by atoms with van der Waals surface area (Å²) in [5.74, 6) is 0.112. The molecule has 3 aromatic rings. The maximum absolute atomic E-state index is 12.9. The Morgan fingerprint density at radius 2 is 1.80 bits per heavy atom. The molecule has 0 saturated carbocycles. The van der Waals surface area contributed by atoms with Gasteiger partial charge in [-0.25, -0.2) is 5.01 Å². The monoisotopic (exact) mass is 348 g/mol. The average molecular weight is 348 g/mol. The minimum atomic E-state index is -0.176. The number of aromatic hydroxyl groups is 1. The van der Waals surface area contributed by atoms with Gasteiger partial charge in [0.15, 0.2) is 0 Å². The number of phenolic OH excluding ortho intramolecular Hbond substituents is 1. The molecule has 2 aromatic carbocycles. The number of hydrazone groups is 1. The van der Waals surface area contributed by atoms with Gasteiger partial charge < -0.3 is 5.11 Å². The maximum Gasteiger partial charge on any atom is 0.284 e. The zero-order valence-corrected chi connectivity index (χ0v) is 14.2. The van der Waals surface area contributed by atoms with Crippen LogP contribution in [0.25, 0.3) is 0 Å². The molecule has 1 aliphatic heterocycles. The van der Waals surface area contributed by atoms with Gasteiger partial charge in [0.05, 0.1) is 16.6 Å². The van der Waals surface area contributed by atoms with Crippen LogP contribution < -0.4 is 0 Å². The smallest absolute Gasteiger partial charge is 0.284 e. The zero-order chi connectivity index (χ0) is 17.2. The number of nitrogens with zero attached hydrogens (tertiary/aromatic N) is 2. The summed E-state index contributed by atoms with van der Waals surface area (Å²) in [6, 6.07) is 20.4. The normalized spacial score (nSPS) is 16.7. The molecule has 0 radical (unpaired) electrons. The molecule has 4 rings (SSSR count). The fraction of sp³-hybridized carbons (Fsp3) is 0.100. The summed E-state index contributed by atoms with van der Waals surface area (Å²) in [6.07, 6.45) is 0.645. The number of benzene rings is 2. The largest absolute Gasteiger partial charge is 0.508 e. The first-order valence-corrected chi connectivity index (χ1v) is 8.89. The Morgan fingerprint density at radius 1 is 1.04 bits per heavy atom. The Morgan fingerprint density at radius 3 is 2.48 bits per heavy atom. The molecule has 1 amide bonds. The van der Waals surface area contributed by atoms with Crippen molar-refractivity contribution in [3.63, 3.8) is 0 Å². The van der Waals surface area contributed by atoms with E-state index in [1.165, 1.54) is 11.3 Å². The fourth-order valence-electron chi connectivity index (χ4n) is 2.97.